The third-order valence-corrected chi connectivity index (χ3v) is 4.21. The van der Waals surface area contributed by atoms with E-state index in [-0.39, 0.29) is 5.63 Å². The first-order valence-corrected chi connectivity index (χ1v) is 7.48. The minimum absolute atomic E-state index is 0.362. The molecule has 1 saturated heterocycles. The van der Waals surface area contributed by atoms with Gasteiger partial charge in [0.25, 0.3) is 0 Å². The van der Waals surface area contributed by atoms with E-state index in [9.17, 15) is 4.79 Å². The molecule has 0 aliphatic carbocycles. The van der Waals surface area contributed by atoms with Crippen molar-refractivity contribution in [1.82, 2.24) is 4.98 Å². The minimum Gasteiger partial charge on any atom is -0.404 e. The maximum Gasteiger partial charge on any atom is 0.338 e. The Kier molecular flexibility index (Phi) is 2.96. The number of nitrogens with zero attached hydrogens (tertiary/aromatic N) is 2. The fourth-order valence-electron chi connectivity index (χ4n) is 2.85. The van der Waals surface area contributed by atoms with Gasteiger partial charge in [0.05, 0.1) is 0 Å². The van der Waals surface area contributed by atoms with Crippen molar-refractivity contribution in [3.05, 3.63) is 58.4 Å². The van der Waals surface area contributed by atoms with Gasteiger partial charge in [-0.05, 0) is 36.6 Å². The Balaban J connectivity index is 1.95. The quantitative estimate of drug-likeness (QED) is 0.726. The summed E-state index contributed by atoms with van der Waals surface area (Å²) < 4.78 is 5.33. The van der Waals surface area contributed by atoms with Crippen LogP contribution in [0.25, 0.3) is 22.2 Å². The number of aryl methyl sites for hydroxylation is 1. The largest absolute Gasteiger partial charge is 0.404 e. The van der Waals surface area contributed by atoms with Crippen LogP contribution >= 0.6 is 0 Å². The smallest absolute Gasteiger partial charge is 0.338 e. The van der Waals surface area contributed by atoms with Crippen LogP contribution in [0.2, 0.25) is 0 Å². The zero-order chi connectivity index (χ0) is 15.1. The van der Waals surface area contributed by atoms with E-state index in [0.29, 0.717) is 5.71 Å². The molecule has 0 radical (unpaired) electrons. The SMILES string of the molecule is Cc1ccccc1-c1cc(=O)oc2nc(N3CCC3)ccc12. The van der Waals surface area contributed by atoms with E-state index in [4.69, 9.17) is 4.42 Å². The van der Waals surface area contributed by atoms with E-state index in [1.807, 2.05) is 43.3 Å². The normalized spacial score (nSPS) is 14.1. The molecule has 0 N–H and O–H groups in total. The molecule has 4 rings (SSSR count). The molecule has 0 bridgehead atoms. The Hall–Kier alpha value is -2.62. The van der Waals surface area contributed by atoms with Crippen molar-refractivity contribution >= 4 is 16.9 Å². The second kappa shape index (κ2) is 4.98. The summed E-state index contributed by atoms with van der Waals surface area (Å²) in [5.41, 5.74) is 3.10. The predicted molar refractivity (Wildman–Crippen MR) is 87.3 cm³/mol. The van der Waals surface area contributed by atoms with Crippen LogP contribution in [0, 0.1) is 6.92 Å². The van der Waals surface area contributed by atoms with E-state index < -0.39 is 0 Å². The van der Waals surface area contributed by atoms with Crippen molar-refractivity contribution in [2.45, 2.75) is 13.3 Å². The lowest BCUT2D eigenvalue weighted by Crippen LogP contribution is -2.37. The molecule has 1 aliphatic rings. The van der Waals surface area contributed by atoms with Gasteiger partial charge in [-0.1, -0.05) is 24.3 Å². The van der Waals surface area contributed by atoms with Gasteiger partial charge in [0.1, 0.15) is 5.82 Å². The van der Waals surface area contributed by atoms with E-state index in [0.717, 1.165) is 41.0 Å². The van der Waals surface area contributed by atoms with Crippen LogP contribution in [-0.2, 0) is 0 Å². The Bertz CT molecular complexity index is 910. The van der Waals surface area contributed by atoms with Crippen molar-refractivity contribution in [2.75, 3.05) is 18.0 Å². The molecule has 1 aromatic carbocycles. The molecule has 0 atom stereocenters. The molecule has 1 aliphatic heterocycles. The molecule has 22 heavy (non-hydrogen) atoms. The molecule has 3 heterocycles. The molecule has 0 spiro atoms. The summed E-state index contributed by atoms with van der Waals surface area (Å²) in [5.74, 6) is 0.879. The number of aromatic nitrogens is 1. The lowest BCUT2D eigenvalue weighted by Gasteiger charge is -2.31. The summed E-state index contributed by atoms with van der Waals surface area (Å²) in [6.45, 7) is 4.07. The second-order valence-corrected chi connectivity index (χ2v) is 5.66. The zero-order valence-corrected chi connectivity index (χ0v) is 12.4. The summed E-state index contributed by atoms with van der Waals surface area (Å²) in [5, 5.41) is 0.873. The number of fused-ring (bicyclic) bond motifs is 1. The average Bonchev–Trinajstić information content (AvgIpc) is 2.45. The Morgan fingerprint density at radius 3 is 2.64 bits per heavy atom. The van der Waals surface area contributed by atoms with Crippen LogP contribution in [0.1, 0.15) is 12.0 Å². The van der Waals surface area contributed by atoms with Crippen LogP contribution in [0.4, 0.5) is 5.82 Å². The number of hydrogen-bond donors (Lipinski definition) is 0. The van der Waals surface area contributed by atoms with Crippen LogP contribution in [0.5, 0.6) is 0 Å². The fraction of sp³-hybridized carbons (Fsp3) is 0.222. The second-order valence-electron chi connectivity index (χ2n) is 5.66. The number of anilines is 1. The van der Waals surface area contributed by atoms with Crippen molar-refractivity contribution in [1.29, 1.82) is 0 Å². The molecule has 0 saturated carbocycles. The van der Waals surface area contributed by atoms with Gasteiger partial charge in [-0.15, -0.1) is 0 Å². The average molecular weight is 292 g/mol. The maximum absolute atomic E-state index is 11.9. The summed E-state index contributed by atoms with van der Waals surface area (Å²) in [6.07, 6.45) is 1.19. The number of benzene rings is 1. The van der Waals surface area contributed by atoms with Gasteiger partial charge < -0.3 is 9.32 Å². The van der Waals surface area contributed by atoms with Crippen molar-refractivity contribution < 1.29 is 4.42 Å². The van der Waals surface area contributed by atoms with Crippen molar-refractivity contribution in [3.63, 3.8) is 0 Å². The summed E-state index contributed by atoms with van der Waals surface area (Å²) in [6, 6.07) is 13.6. The third-order valence-electron chi connectivity index (χ3n) is 4.21. The molecule has 3 aromatic rings. The van der Waals surface area contributed by atoms with Gasteiger partial charge in [0, 0.05) is 30.1 Å². The molecular weight excluding hydrogens is 276 g/mol. The first-order chi connectivity index (χ1) is 10.7. The molecule has 2 aromatic heterocycles. The lowest BCUT2D eigenvalue weighted by molar-refractivity contribution is 0.546. The van der Waals surface area contributed by atoms with Gasteiger partial charge in [-0.2, -0.15) is 4.98 Å². The number of pyridine rings is 1. The molecule has 4 nitrogen and oxygen atoms in total. The first kappa shape index (κ1) is 13.1. The van der Waals surface area contributed by atoms with Crippen LogP contribution < -0.4 is 10.5 Å². The molecular formula is C18H16N2O2. The van der Waals surface area contributed by atoms with E-state index in [1.54, 1.807) is 6.07 Å². The van der Waals surface area contributed by atoms with E-state index in [2.05, 4.69) is 9.88 Å². The van der Waals surface area contributed by atoms with Crippen LogP contribution in [-0.4, -0.2) is 18.1 Å². The monoisotopic (exact) mass is 292 g/mol. The molecule has 0 amide bonds. The van der Waals surface area contributed by atoms with Gasteiger partial charge in [0.2, 0.25) is 5.71 Å². The summed E-state index contributed by atoms with van der Waals surface area (Å²) >= 11 is 0. The highest BCUT2D eigenvalue weighted by atomic mass is 16.4. The Morgan fingerprint density at radius 2 is 1.91 bits per heavy atom. The summed E-state index contributed by atoms with van der Waals surface area (Å²) in [7, 11) is 0. The van der Waals surface area contributed by atoms with Gasteiger partial charge >= 0.3 is 5.63 Å². The van der Waals surface area contributed by atoms with Crippen LogP contribution in [0.15, 0.2) is 51.7 Å². The van der Waals surface area contributed by atoms with Crippen LogP contribution in [0.3, 0.4) is 0 Å². The highest BCUT2D eigenvalue weighted by Gasteiger charge is 2.18. The fourth-order valence-corrected chi connectivity index (χ4v) is 2.85. The topological polar surface area (TPSA) is 46.3 Å². The van der Waals surface area contributed by atoms with E-state index >= 15 is 0 Å². The Morgan fingerprint density at radius 1 is 1.09 bits per heavy atom. The zero-order valence-electron chi connectivity index (χ0n) is 12.4. The lowest BCUT2D eigenvalue weighted by atomic mass is 9.99. The maximum atomic E-state index is 11.9. The van der Waals surface area contributed by atoms with Gasteiger partial charge in [-0.3, -0.25) is 0 Å². The van der Waals surface area contributed by atoms with Gasteiger partial charge in [-0.25, -0.2) is 4.79 Å². The first-order valence-electron chi connectivity index (χ1n) is 7.48. The highest BCUT2D eigenvalue weighted by Crippen LogP contribution is 2.30. The predicted octanol–water partition coefficient (Wildman–Crippen LogP) is 3.37. The Labute approximate surface area is 128 Å². The third kappa shape index (κ3) is 2.08. The molecule has 110 valence electrons. The van der Waals surface area contributed by atoms with E-state index in [1.165, 1.54) is 6.42 Å². The summed E-state index contributed by atoms with van der Waals surface area (Å²) in [4.78, 5) is 18.6. The number of hydrogen-bond acceptors (Lipinski definition) is 4. The highest BCUT2D eigenvalue weighted by molar-refractivity contribution is 5.92. The molecule has 4 heteroatoms. The van der Waals surface area contributed by atoms with Gasteiger partial charge in [0.15, 0.2) is 0 Å². The number of rotatable bonds is 2. The standard InChI is InChI=1S/C18H16N2O2/c1-12-5-2-3-6-13(12)15-11-17(21)22-18-14(15)7-8-16(19-18)20-9-4-10-20/h2-3,5-8,11H,4,9-10H2,1H3. The molecule has 1 fully saturated rings. The van der Waals surface area contributed by atoms with Crippen molar-refractivity contribution in [3.8, 4) is 11.1 Å². The van der Waals surface area contributed by atoms with Crippen molar-refractivity contribution in [2.24, 2.45) is 0 Å². The molecule has 0 unspecified atom stereocenters. The minimum atomic E-state index is -0.362.